The molecule has 3 atom stereocenters. The fourth-order valence-corrected chi connectivity index (χ4v) is 6.16. The van der Waals surface area contributed by atoms with Crippen molar-refractivity contribution in [3.8, 4) is 5.75 Å². The van der Waals surface area contributed by atoms with Gasteiger partial charge in [0.05, 0.1) is 12.0 Å². The van der Waals surface area contributed by atoms with Gasteiger partial charge in [-0.3, -0.25) is 4.79 Å². The van der Waals surface area contributed by atoms with Crippen molar-refractivity contribution < 1.29 is 15.0 Å². The second-order valence-corrected chi connectivity index (χ2v) is 10.6. The van der Waals surface area contributed by atoms with Crippen LogP contribution in [-0.2, 0) is 11.2 Å². The third-order valence-corrected chi connectivity index (χ3v) is 7.90. The van der Waals surface area contributed by atoms with Gasteiger partial charge in [0.15, 0.2) is 0 Å². The lowest BCUT2D eigenvalue weighted by Crippen LogP contribution is -2.37. The Labute approximate surface area is 192 Å². The van der Waals surface area contributed by atoms with Gasteiger partial charge in [-0.25, -0.2) is 0 Å². The van der Waals surface area contributed by atoms with Crippen LogP contribution in [0.3, 0.4) is 0 Å². The molecule has 1 heterocycles. The third-order valence-electron chi connectivity index (χ3n) is 7.90. The number of phenols is 1. The van der Waals surface area contributed by atoms with Crippen LogP contribution in [0.15, 0.2) is 59.3 Å². The van der Waals surface area contributed by atoms with Crippen LogP contribution < -0.4 is 0 Å². The Balaban J connectivity index is 1.70. The molecular weight excluding hydrogens is 398 g/mol. The van der Waals surface area contributed by atoms with E-state index in [4.69, 9.17) is 0 Å². The number of aromatic hydroxyl groups is 1. The van der Waals surface area contributed by atoms with Crippen LogP contribution in [0, 0.1) is 17.3 Å². The van der Waals surface area contributed by atoms with Crippen molar-refractivity contribution in [3.63, 3.8) is 0 Å². The molecule has 0 unspecified atom stereocenters. The first-order chi connectivity index (χ1) is 15.2. The van der Waals surface area contributed by atoms with Crippen molar-refractivity contribution in [2.75, 3.05) is 6.54 Å². The second-order valence-electron chi connectivity index (χ2n) is 10.6. The van der Waals surface area contributed by atoms with E-state index < -0.39 is 6.10 Å². The normalized spacial score (nSPS) is 29.9. The van der Waals surface area contributed by atoms with E-state index in [1.54, 1.807) is 12.1 Å². The predicted molar refractivity (Wildman–Crippen MR) is 128 cm³/mol. The molecule has 0 spiro atoms. The summed E-state index contributed by atoms with van der Waals surface area (Å²) in [5, 5.41) is 20.1. The van der Waals surface area contributed by atoms with Crippen LogP contribution in [0.25, 0.3) is 0 Å². The van der Waals surface area contributed by atoms with Crippen LogP contribution in [-0.4, -0.2) is 33.7 Å². The van der Waals surface area contributed by atoms with E-state index in [-0.39, 0.29) is 23.0 Å². The Kier molecular flexibility index (Phi) is 6.35. The molecule has 32 heavy (non-hydrogen) atoms. The highest BCUT2D eigenvalue weighted by molar-refractivity contribution is 5.88. The Bertz CT molecular complexity index is 953. The summed E-state index contributed by atoms with van der Waals surface area (Å²) in [6.45, 7) is 11.6. The molecular formula is C28H37NO3. The van der Waals surface area contributed by atoms with Gasteiger partial charge in [0.25, 0.3) is 0 Å². The van der Waals surface area contributed by atoms with Crippen molar-refractivity contribution in [1.82, 2.24) is 4.90 Å². The first-order valence-electron chi connectivity index (χ1n) is 12.0. The van der Waals surface area contributed by atoms with Gasteiger partial charge in [0, 0.05) is 18.7 Å². The zero-order valence-electron chi connectivity index (χ0n) is 19.7. The smallest absolute Gasteiger partial charge is 0.234 e. The molecule has 1 aromatic carbocycles. The van der Waals surface area contributed by atoms with E-state index >= 15 is 0 Å². The molecule has 4 rings (SSSR count). The van der Waals surface area contributed by atoms with Crippen molar-refractivity contribution in [1.29, 1.82) is 0 Å². The van der Waals surface area contributed by atoms with E-state index in [9.17, 15) is 15.0 Å². The highest BCUT2D eigenvalue weighted by Crippen LogP contribution is 2.55. The fraction of sp³-hybridized carbons (Fsp3) is 0.536. The predicted octanol–water partition coefficient (Wildman–Crippen LogP) is 5.52. The quantitative estimate of drug-likeness (QED) is 0.615. The lowest BCUT2D eigenvalue weighted by molar-refractivity contribution is -0.131. The number of benzene rings is 1. The molecule has 1 amide bonds. The topological polar surface area (TPSA) is 60.8 Å². The molecule has 0 aromatic heterocycles. The lowest BCUT2D eigenvalue weighted by Gasteiger charge is -2.43. The van der Waals surface area contributed by atoms with Crippen molar-refractivity contribution >= 4 is 5.91 Å². The number of rotatable bonds is 3. The molecule has 1 fully saturated rings. The Hall–Kier alpha value is -2.33. The van der Waals surface area contributed by atoms with E-state index in [1.807, 2.05) is 23.1 Å². The molecule has 1 saturated carbocycles. The minimum atomic E-state index is -0.515. The number of hydrogen-bond acceptors (Lipinski definition) is 3. The molecule has 4 heteroatoms. The molecule has 1 aliphatic heterocycles. The maximum atomic E-state index is 13.6. The number of fused-ring (bicyclic) bond motifs is 1. The molecule has 172 valence electrons. The largest absolute Gasteiger partial charge is 0.508 e. The molecule has 0 saturated heterocycles. The summed E-state index contributed by atoms with van der Waals surface area (Å²) >= 11 is 0. The van der Waals surface area contributed by atoms with Crippen molar-refractivity contribution in [2.45, 2.75) is 71.8 Å². The number of nitrogens with zero attached hydrogens (tertiary/aromatic N) is 1. The summed E-state index contributed by atoms with van der Waals surface area (Å²) in [4.78, 5) is 15.6. The number of amides is 1. The Morgan fingerprint density at radius 1 is 1.16 bits per heavy atom. The summed E-state index contributed by atoms with van der Waals surface area (Å²) in [6.07, 6.45) is 7.49. The lowest BCUT2D eigenvalue weighted by atomic mass is 9.60. The minimum Gasteiger partial charge on any atom is -0.508 e. The van der Waals surface area contributed by atoms with Crippen LogP contribution in [0.5, 0.6) is 5.75 Å². The number of aliphatic hydroxyl groups is 1. The number of allylic oxidation sites excluding steroid dienone is 1. The van der Waals surface area contributed by atoms with Crippen molar-refractivity contribution in [3.05, 3.63) is 64.9 Å². The van der Waals surface area contributed by atoms with E-state index in [1.165, 1.54) is 5.57 Å². The molecule has 1 aromatic rings. The highest BCUT2D eigenvalue weighted by atomic mass is 16.3. The van der Waals surface area contributed by atoms with Crippen LogP contribution in [0.1, 0.15) is 64.9 Å². The molecule has 0 radical (unpaired) electrons. The van der Waals surface area contributed by atoms with Gasteiger partial charge in [-0.1, -0.05) is 49.8 Å². The zero-order chi connectivity index (χ0) is 23.0. The van der Waals surface area contributed by atoms with E-state index in [2.05, 4.69) is 27.4 Å². The zero-order valence-corrected chi connectivity index (χ0v) is 19.7. The number of aliphatic hydroxyl groups excluding tert-OH is 1. The molecule has 3 aliphatic rings. The second kappa shape index (κ2) is 8.90. The summed E-state index contributed by atoms with van der Waals surface area (Å²) in [5.41, 5.74) is 5.80. The standard InChI is InChI=1S/C28H37NO3/c1-18-5-8-21-9-12-24-26(28(21,3)4)25(17-19(2)16-23(31)15-18)29(27(24)32)14-13-20-6-10-22(30)11-7-20/h6-7,10-11,16,21,23-24,30-31H,1,5,8-9,12-15,17H2,2-4H3/b19-16+/t21-,23+,24+/m1/s1. The fourth-order valence-electron chi connectivity index (χ4n) is 6.16. The summed E-state index contributed by atoms with van der Waals surface area (Å²) in [6, 6.07) is 7.26. The highest BCUT2D eigenvalue weighted by Gasteiger charge is 2.50. The van der Waals surface area contributed by atoms with E-state index in [0.717, 1.165) is 54.5 Å². The average molecular weight is 436 g/mol. The van der Waals surface area contributed by atoms with Crippen LogP contribution >= 0.6 is 0 Å². The monoisotopic (exact) mass is 435 g/mol. The van der Waals surface area contributed by atoms with Crippen LogP contribution in [0.2, 0.25) is 0 Å². The third kappa shape index (κ3) is 4.43. The maximum Gasteiger partial charge on any atom is 0.234 e. The molecule has 4 nitrogen and oxygen atoms in total. The number of hydrogen-bond donors (Lipinski definition) is 2. The van der Waals surface area contributed by atoms with Gasteiger partial charge in [0.2, 0.25) is 5.91 Å². The van der Waals surface area contributed by atoms with Crippen molar-refractivity contribution in [2.24, 2.45) is 17.3 Å². The maximum absolute atomic E-state index is 13.6. The minimum absolute atomic E-state index is 0.0140. The van der Waals surface area contributed by atoms with Gasteiger partial charge in [0.1, 0.15) is 5.75 Å². The molecule has 2 aliphatic carbocycles. The summed E-state index contributed by atoms with van der Waals surface area (Å²) < 4.78 is 0. The Morgan fingerprint density at radius 3 is 2.59 bits per heavy atom. The SMILES string of the molecule is C=C1CC[C@@H]2CC[C@@H]3C(=O)N(CCc4ccc(O)cc4)C(=C3C2(C)C)C/C(C)=C/[C@@H](O)C1. The van der Waals surface area contributed by atoms with Gasteiger partial charge in [-0.2, -0.15) is 0 Å². The van der Waals surface area contributed by atoms with Gasteiger partial charge in [-0.15, -0.1) is 0 Å². The summed E-state index contributed by atoms with van der Waals surface area (Å²) in [7, 11) is 0. The van der Waals surface area contributed by atoms with Gasteiger partial charge in [-0.05, 0) is 80.1 Å². The molecule has 2 bridgehead atoms. The number of carbonyl (C=O) groups excluding carboxylic acids is 1. The van der Waals surface area contributed by atoms with E-state index in [0.29, 0.717) is 25.3 Å². The number of carbonyl (C=O) groups is 1. The first kappa shape index (κ1) is 22.8. The van der Waals surface area contributed by atoms with Crippen LogP contribution in [0.4, 0.5) is 0 Å². The van der Waals surface area contributed by atoms with Gasteiger partial charge < -0.3 is 15.1 Å². The Morgan fingerprint density at radius 2 is 1.88 bits per heavy atom. The summed E-state index contributed by atoms with van der Waals surface area (Å²) in [5.74, 6) is 1.01. The molecule has 2 N–H and O–H groups in total. The average Bonchev–Trinajstić information content (AvgIpc) is 2.98. The number of phenolic OH excluding ortho intramolecular Hbond substituents is 1. The van der Waals surface area contributed by atoms with Gasteiger partial charge >= 0.3 is 0 Å². The first-order valence-corrected chi connectivity index (χ1v) is 12.0.